The lowest BCUT2D eigenvalue weighted by Gasteiger charge is -2.09. The molecular weight excluding hydrogens is 335 g/mol. The molecule has 0 aromatic heterocycles. The van der Waals surface area contributed by atoms with Crippen LogP contribution in [0, 0.1) is 5.82 Å². The standard InChI is InChI=1S/C14H9BrClFO2/c15-12-5-4-10(6-9(12)7-18)19-8-11-13(16)2-1-3-14(11)17/h1-7H,8H2. The molecular formula is C14H9BrClFO2. The van der Waals surface area contributed by atoms with Gasteiger partial charge in [0.15, 0.2) is 6.29 Å². The zero-order chi connectivity index (χ0) is 13.8. The van der Waals surface area contributed by atoms with E-state index in [0.717, 1.165) is 0 Å². The summed E-state index contributed by atoms with van der Waals surface area (Å²) in [4.78, 5) is 10.8. The van der Waals surface area contributed by atoms with E-state index in [0.29, 0.717) is 32.7 Å². The number of carbonyl (C=O) groups is 1. The molecule has 0 unspecified atom stereocenters. The number of hydrogen-bond acceptors (Lipinski definition) is 2. The lowest BCUT2D eigenvalue weighted by atomic mass is 10.2. The Kier molecular flexibility index (Phi) is 4.56. The van der Waals surface area contributed by atoms with Crippen LogP contribution in [0.5, 0.6) is 5.75 Å². The van der Waals surface area contributed by atoms with Gasteiger partial charge in [-0.2, -0.15) is 0 Å². The number of benzene rings is 2. The van der Waals surface area contributed by atoms with Crippen LogP contribution in [0.3, 0.4) is 0 Å². The Morgan fingerprint density at radius 3 is 2.79 bits per heavy atom. The van der Waals surface area contributed by atoms with E-state index in [1.165, 1.54) is 12.1 Å². The van der Waals surface area contributed by atoms with Gasteiger partial charge in [0.05, 0.1) is 5.02 Å². The smallest absolute Gasteiger partial charge is 0.151 e. The van der Waals surface area contributed by atoms with Gasteiger partial charge in [0, 0.05) is 15.6 Å². The molecule has 0 aliphatic rings. The van der Waals surface area contributed by atoms with E-state index in [1.54, 1.807) is 24.3 Å². The summed E-state index contributed by atoms with van der Waals surface area (Å²) in [5, 5.41) is 0.313. The predicted molar refractivity (Wildman–Crippen MR) is 75.3 cm³/mol. The fourth-order valence-electron chi connectivity index (χ4n) is 1.53. The highest BCUT2D eigenvalue weighted by Gasteiger charge is 2.08. The number of rotatable bonds is 4. The maximum atomic E-state index is 13.5. The Balaban J connectivity index is 2.17. The van der Waals surface area contributed by atoms with Gasteiger partial charge in [0.2, 0.25) is 0 Å². The van der Waals surface area contributed by atoms with E-state index < -0.39 is 5.82 Å². The average Bonchev–Trinajstić information content (AvgIpc) is 2.40. The highest BCUT2D eigenvalue weighted by molar-refractivity contribution is 9.10. The van der Waals surface area contributed by atoms with Crippen molar-refractivity contribution < 1.29 is 13.9 Å². The normalized spacial score (nSPS) is 10.3. The zero-order valence-corrected chi connectivity index (χ0v) is 12.0. The maximum absolute atomic E-state index is 13.5. The summed E-state index contributed by atoms with van der Waals surface area (Å²) in [5.74, 6) is 0.0600. The summed E-state index contributed by atoms with van der Waals surface area (Å²) in [7, 11) is 0. The molecule has 0 amide bonds. The van der Waals surface area contributed by atoms with Gasteiger partial charge in [-0.15, -0.1) is 0 Å². The number of hydrogen-bond donors (Lipinski definition) is 0. The molecule has 0 aliphatic heterocycles. The van der Waals surface area contributed by atoms with Crippen LogP contribution < -0.4 is 4.74 Å². The minimum absolute atomic E-state index is 0.00539. The molecule has 0 aliphatic carbocycles. The van der Waals surface area contributed by atoms with E-state index in [1.807, 2.05) is 0 Å². The second-order valence-corrected chi connectivity index (χ2v) is 5.05. The van der Waals surface area contributed by atoms with Crippen molar-refractivity contribution >= 4 is 33.8 Å². The summed E-state index contributed by atoms with van der Waals surface area (Å²) < 4.78 is 19.7. The second-order valence-electron chi connectivity index (χ2n) is 3.79. The summed E-state index contributed by atoms with van der Waals surface area (Å²) in [5.41, 5.74) is 0.761. The van der Waals surface area contributed by atoms with Crippen molar-refractivity contribution in [2.45, 2.75) is 6.61 Å². The summed E-state index contributed by atoms with van der Waals surface area (Å²) in [6.45, 7) is 0.00539. The van der Waals surface area contributed by atoms with Gasteiger partial charge in [-0.1, -0.05) is 33.6 Å². The molecule has 2 aromatic rings. The van der Waals surface area contributed by atoms with Crippen LogP contribution in [0.1, 0.15) is 15.9 Å². The van der Waals surface area contributed by atoms with Gasteiger partial charge in [-0.05, 0) is 30.3 Å². The Hall–Kier alpha value is -1.39. The molecule has 0 bridgehead atoms. The van der Waals surface area contributed by atoms with E-state index in [2.05, 4.69) is 15.9 Å². The molecule has 0 radical (unpaired) electrons. The van der Waals surface area contributed by atoms with Crippen LogP contribution in [0.4, 0.5) is 4.39 Å². The van der Waals surface area contributed by atoms with Crippen LogP contribution in [0.2, 0.25) is 5.02 Å². The van der Waals surface area contributed by atoms with E-state index in [9.17, 15) is 9.18 Å². The Bertz CT molecular complexity index is 596. The van der Waals surface area contributed by atoms with E-state index in [-0.39, 0.29) is 6.61 Å². The molecule has 2 nitrogen and oxygen atoms in total. The molecule has 0 N–H and O–H groups in total. The minimum Gasteiger partial charge on any atom is -0.489 e. The number of carbonyl (C=O) groups excluding carboxylic acids is 1. The fourth-order valence-corrected chi connectivity index (χ4v) is 2.09. The van der Waals surface area contributed by atoms with Crippen molar-refractivity contribution in [1.29, 1.82) is 0 Å². The molecule has 0 atom stereocenters. The molecule has 0 fully saturated rings. The van der Waals surface area contributed by atoms with Crippen molar-refractivity contribution in [2.24, 2.45) is 0 Å². The molecule has 98 valence electrons. The highest BCUT2D eigenvalue weighted by atomic mass is 79.9. The molecule has 2 aromatic carbocycles. The van der Waals surface area contributed by atoms with Gasteiger partial charge in [-0.25, -0.2) is 4.39 Å². The topological polar surface area (TPSA) is 26.3 Å². The van der Waals surface area contributed by atoms with Crippen LogP contribution in [-0.4, -0.2) is 6.29 Å². The average molecular weight is 344 g/mol. The lowest BCUT2D eigenvalue weighted by Crippen LogP contribution is -2.00. The maximum Gasteiger partial charge on any atom is 0.151 e. The third-order valence-corrected chi connectivity index (χ3v) is 3.62. The molecule has 19 heavy (non-hydrogen) atoms. The largest absolute Gasteiger partial charge is 0.489 e. The quantitative estimate of drug-likeness (QED) is 0.756. The molecule has 0 spiro atoms. The Labute approximate surface area is 123 Å². The second kappa shape index (κ2) is 6.17. The lowest BCUT2D eigenvalue weighted by molar-refractivity contribution is 0.112. The monoisotopic (exact) mass is 342 g/mol. The van der Waals surface area contributed by atoms with Crippen molar-refractivity contribution in [1.82, 2.24) is 0 Å². The van der Waals surface area contributed by atoms with Gasteiger partial charge < -0.3 is 4.74 Å². The number of ether oxygens (including phenoxy) is 1. The minimum atomic E-state index is -0.416. The molecule has 0 heterocycles. The Morgan fingerprint density at radius 1 is 1.32 bits per heavy atom. The summed E-state index contributed by atoms with van der Waals surface area (Å²) in [6.07, 6.45) is 0.715. The molecule has 2 rings (SSSR count). The first-order valence-corrected chi connectivity index (χ1v) is 6.59. The van der Waals surface area contributed by atoms with E-state index in [4.69, 9.17) is 16.3 Å². The number of halogens is 3. The van der Waals surface area contributed by atoms with E-state index >= 15 is 0 Å². The van der Waals surface area contributed by atoms with Gasteiger partial charge in [-0.3, -0.25) is 4.79 Å². The van der Waals surface area contributed by atoms with Crippen molar-refractivity contribution in [2.75, 3.05) is 0 Å². The SMILES string of the molecule is O=Cc1cc(OCc2c(F)cccc2Cl)ccc1Br. The first kappa shape index (κ1) is 14.0. The Morgan fingerprint density at radius 2 is 2.11 bits per heavy atom. The predicted octanol–water partition coefficient (Wildman–Crippen LogP) is 4.63. The third kappa shape index (κ3) is 3.33. The fraction of sp³-hybridized carbons (Fsp3) is 0.0714. The van der Waals surface area contributed by atoms with Gasteiger partial charge >= 0.3 is 0 Å². The van der Waals surface area contributed by atoms with Crippen molar-refractivity contribution in [3.8, 4) is 5.75 Å². The van der Waals surface area contributed by atoms with Crippen LogP contribution >= 0.6 is 27.5 Å². The zero-order valence-electron chi connectivity index (χ0n) is 9.70. The molecule has 0 saturated heterocycles. The molecule has 0 saturated carbocycles. The van der Waals surface area contributed by atoms with Crippen LogP contribution in [-0.2, 0) is 6.61 Å². The summed E-state index contributed by atoms with van der Waals surface area (Å²) in [6, 6.07) is 9.41. The number of aldehydes is 1. The van der Waals surface area contributed by atoms with Crippen LogP contribution in [0.25, 0.3) is 0 Å². The highest BCUT2D eigenvalue weighted by Crippen LogP contribution is 2.24. The van der Waals surface area contributed by atoms with Crippen molar-refractivity contribution in [3.63, 3.8) is 0 Å². The first-order chi connectivity index (χ1) is 9.11. The first-order valence-electron chi connectivity index (χ1n) is 5.42. The van der Waals surface area contributed by atoms with Crippen molar-refractivity contribution in [3.05, 3.63) is 62.8 Å². The third-order valence-electron chi connectivity index (χ3n) is 2.54. The van der Waals surface area contributed by atoms with Gasteiger partial charge in [0.25, 0.3) is 0 Å². The summed E-state index contributed by atoms with van der Waals surface area (Å²) >= 11 is 9.14. The molecule has 5 heteroatoms. The van der Waals surface area contributed by atoms with Crippen LogP contribution in [0.15, 0.2) is 40.9 Å². The van der Waals surface area contributed by atoms with Gasteiger partial charge in [0.1, 0.15) is 18.2 Å².